The predicted molar refractivity (Wildman–Crippen MR) is 116 cm³/mol. The zero-order chi connectivity index (χ0) is 21.5. The van der Waals surface area contributed by atoms with Crippen LogP contribution in [-0.4, -0.2) is 19.1 Å². The Kier molecular flexibility index (Phi) is 7.12. The topological polar surface area (TPSA) is 77.8 Å². The van der Waals surface area contributed by atoms with Gasteiger partial charge in [-0.05, 0) is 49.6 Å². The lowest BCUT2D eigenvalue weighted by Gasteiger charge is -2.18. The average molecular weight is 409 g/mol. The van der Waals surface area contributed by atoms with Crippen molar-refractivity contribution in [1.82, 2.24) is 5.32 Å². The summed E-state index contributed by atoms with van der Waals surface area (Å²) < 4.78 is 16.9. The zero-order valence-electron chi connectivity index (χ0n) is 17.6. The van der Waals surface area contributed by atoms with Crippen LogP contribution in [0.25, 0.3) is 11.0 Å². The van der Waals surface area contributed by atoms with Gasteiger partial charge in [-0.2, -0.15) is 0 Å². The maximum absolute atomic E-state index is 12.7. The van der Waals surface area contributed by atoms with Crippen LogP contribution in [0, 0.1) is 0 Å². The number of nitrogens with one attached hydrogen (secondary N) is 1. The van der Waals surface area contributed by atoms with Crippen LogP contribution in [0.15, 0.2) is 57.7 Å². The van der Waals surface area contributed by atoms with Crippen molar-refractivity contribution in [2.24, 2.45) is 0 Å². The molecule has 0 aliphatic rings. The number of rotatable bonds is 9. The van der Waals surface area contributed by atoms with E-state index in [4.69, 9.17) is 13.9 Å². The van der Waals surface area contributed by atoms with Crippen LogP contribution in [0.2, 0.25) is 0 Å². The largest absolute Gasteiger partial charge is 0.490 e. The standard InChI is InChI=1S/C24H27NO5/c1-4-12-28-21-11-10-17(15-22(21)29-13-5-2)16(3)25-23(26)19-14-18-8-6-7-9-20(18)30-24(19)27/h6-11,14-16H,4-5,12-13H2,1-3H3,(H,25,26). The smallest absolute Gasteiger partial charge is 0.349 e. The Bertz CT molecular complexity index is 1070. The number of carbonyl (C=O) groups excluding carboxylic acids is 1. The number of amides is 1. The molecule has 0 saturated heterocycles. The third kappa shape index (κ3) is 5.00. The van der Waals surface area contributed by atoms with Gasteiger partial charge in [-0.25, -0.2) is 4.79 Å². The van der Waals surface area contributed by atoms with E-state index >= 15 is 0 Å². The molecule has 158 valence electrons. The van der Waals surface area contributed by atoms with Gasteiger partial charge in [0.1, 0.15) is 11.1 Å². The van der Waals surface area contributed by atoms with E-state index in [1.54, 1.807) is 24.3 Å². The summed E-state index contributed by atoms with van der Waals surface area (Å²) in [7, 11) is 0. The fourth-order valence-corrected chi connectivity index (χ4v) is 3.03. The van der Waals surface area contributed by atoms with Crippen LogP contribution >= 0.6 is 0 Å². The van der Waals surface area contributed by atoms with E-state index in [1.807, 2.05) is 45.0 Å². The minimum absolute atomic E-state index is 0.0223. The SMILES string of the molecule is CCCOc1ccc(C(C)NC(=O)c2cc3ccccc3oc2=O)cc1OCCC. The van der Waals surface area contributed by atoms with Crippen molar-refractivity contribution in [3.05, 3.63) is 70.1 Å². The van der Waals surface area contributed by atoms with Crippen LogP contribution in [0.5, 0.6) is 11.5 Å². The van der Waals surface area contributed by atoms with Gasteiger partial charge in [0.2, 0.25) is 0 Å². The highest BCUT2D eigenvalue weighted by molar-refractivity contribution is 5.96. The molecule has 0 radical (unpaired) electrons. The third-order valence-electron chi connectivity index (χ3n) is 4.62. The molecule has 30 heavy (non-hydrogen) atoms. The fourth-order valence-electron chi connectivity index (χ4n) is 3.03. The summed E-state index contributed by atoms with van der Waals surface area (Å²) in [5.41, 5.74) is 0.621. The summed E-state index contributed by atoms with van der Waals surface area (Å²) in [4.78, 5) is 25.0. The number of ether oxygens (including phenoxy) is 2. The van der Waals surface area contributed by atoms with E-state index in [0.29, 0.717) is 35.7 Å². The lowest BCUT2D eigenvalue weighted by molar-refractivity contribution is 0.0936. The molecule has 3 aromatic rings. The molecule has 0 spiro atoms. The molecule has 0 fully saturated rings. The van der Waals surface area contributed by atoms with Crippen LogP contribution in [0.3, 0.4) is 0 Å². The molecule has 6 heteroatoms. The first-order chi connectivity index (χ1) is 14.5. The van der Waals surface area contributed by atoms with Gasteiger partial charge in [-0.1, -0.05) is 38.1 Å². The molecule has 1 aromatic heterocycles. The molecule has 1 heterocycles. The van der Waals surface area contributed by atoms with Crippen LogP contribution in [0.4, 0.5) is 0 Å². The number of hydrogen-bond donors (Lipinski definition) is 1. The normalized spacial score (nSPS) is 11.8. The quantitative estimate of drug-likeness (QED) is 0.511. The molecular formula is C24H27NO5. The van der Waals surface area contributed by atoms with Crippen molar-refractivity contribution in [1.29, 1.82) is 0 Å². The highest BCUT2D eigenvalue weighted by Gasteiger charge is 2.18. The van der Waals surface area contributed by atoms with E-state index in [-0.39, 0.29) is 11.6 Å². The first-order valence-corrected chi connectivity index (χ1v) is 10.3. The van der Waals surface area contributed by atoms with Crippen molar-refractivity contribution < 1.29 is 18.7 Å². The number of hydrogen-bond acceptors (Lipinski definition) is 5. The summed E-state index contributed by atoms with van der Waals surface area (Å²) in [6.07, 6.45) is 1.78. The Hall–Kier alpha value is -3.28. The highest BCUT2D eigenvalue weighted by Crippen LogP contribution is 2.31. The number of para-hydroxylation sites is 1. The number of fused-ring (bicyclic) bond motifs is 1. The van der Waals surface area contributed by atoms with Crippen molar-refractivity contribution >= 4 is 16.9 Å². The molecule has 0 aliphatic carbocycles. The summed E-state index contributed by atoms with van der Waals surface area (Å²) in [6.45, 7) is 7.11. The van der Waals surface area contributed by atoms with Gasteiger partial charge < -0.3 is 19.2 Å². The third-order valence-corrected chi connectivity index (χ3v) is 4.62. The van der Waals surface area contributed by atoms with Crippen LogP contribution in [0.1, 0.15) is 55.6 Å². The molecule has 1 atom stereocenters. The minimum Gasteiger partial charge on any atom is -0.490 e. The molecule has 0 aliphatic heterocycles. The molecule has 1 N–H and O–H groups in total. The highest BCUT2D eigenvalue weighted by atomic mass is 16.5. The maximum Gasteiger partial charge on any atom is 0.349 e. The molecule has 2 aromatic carbocycles. The van der Waals surface area contributed by atoms with Crippen molar-refractivity contribution in [2.75, 3.05) is 13.2 Å². The maximum atomic E-state index is 12.7. The van der Waals surface area contributed by atoms with Crippen molar-refractivity contribution in [3.63, 3.8) is 0 Å². The Balaban J connectivity index is 1.81. The second-order valence-corrected chi connectivity index (χ2v) is 7.08. The second kappa shape index (κ2) is 9.96. The lowest BCUT2D eigenvalue weighted by Crippen LogP contribution is -2.30. The number of carbonyl (C=O) groups is 1. The monoisotopic (exact) mass is 409 g/mol. The van der Waals surface area contributed by atoms with E-state index < -0.39 is 11.5 Å². The van der Waals surface area contributed by atoms with E-state index in [1.165, 1.54) is 0 Å². The van der Waals surface area contributed by atoms with Gasteiger partial charge in [0.15, 0.2) is 11.5 Å². The lowest BCUT2D eigenvalue weighted by atomic mass is 10.1. The van der Waals surface area contributed by atoms with Crippen LogP contribution in [-0.2, 0) is 0 Å². The van der Waals surface area contributed by atoms with Gasteiger partial charge in [0.25, 0.3) is 5.91 Å². The Labute approximate surface area is 175 Å². The van der Waals surface area contributed by atoms with E-state index in [0.717, 1.165) is 18.4 Å². The average Bonchev–Trinajstić information content (AvgIpc) is 2.75. The first kappa shape index (κ1) is 21.4. The second-order valence-electron chi connectivity index (χ2n) is 7.08. The van der Waals surface area contributed by atoms with Gasteiger partial charge in [-0.3, -0.25) is 4.79 Å². The summed E-state index contributed by atoms with van der Waals surface area (Å²) in [5.74, 6) is 0.848. The van der Waals surface area contributed by atoms with Gasteiger partial charge in [0.05, 0.1) is 19.3 Å². The first-order valence-electron chi connectivity index (χ1n) is 10.3. The van der Waals surface area contributed by atoms with Crippen molar-refractivity contribution in [2.45, 2.75) is 39.7 Å². The summed E-state index contributed by atoms with van der Waals surface area (Å²) in [6, 6.07) is 13.9. The Morgan fingerprint density at radius 3 is 2.43 bits per heavy atom. The van der Waals surface area contributed by atoms with Crippen molar-refractivity contribution in [3.8, 4) is 11.5 Å². The summed E-state index contributed by atoms with van der Waals surface area (Å²) in [5, 5.41) is 3.57. The van der Waals surface area contributed by atoms with Gasteiger partial charge in [0, 0.05) is 5.39 Å². The molecule has 1 amide bonds. The number of benzene rings is 2. The van der Waals surface area contributed by atoms with E-state index in [2.05, 4.69) is 5.32 Å². The molecule has 0 saturated carbocycles. The molecule has 3 rings (SSSR count). The Morgan fingerprint density at radius 2 is 1.70 bits per heavy atom. The Morgan fingerprint density at radius 1 is 1.00 bits per heavy atom. The summed E-state index contributed by atoms with van der Waals surface area (Å²) >= 11 is 0. The van der Waals surface area contributed by atoms with Gasteiger partial charge in [-0.15, -0.1) is 0 Å². The zero-order valence-corrected chi connectivity index (χ0v) is 17.6. The fraction of sp³-hybridized carbons (Fsp3) is 0.333. The van der Waals surface area contributed by atoms with Gasteiger partial charge >= 0.3 is 5.63 Å². The molecular weight excluding hydrogens is 382 g/mol. The molecule has 1 unspecified atom stereocenters. The minimum atomic E-state index is -0.659. The molecule has 6 nitrogen and oxygen atoms in total. The van der Waals surface area contributed by atoms with E-state index in [9.17, 15) is 9.59 Å². The predicted octanol–water partition coefficient (Wildman–Crippen LogP) is 4.86. The van der Waals surface area contributed by atoms with Crippen LogP contribution < -0.4 is 20.4 Å². The molecule has 0 bridgehead atoms.